The molecule has 0 heterocycles. The first kappa shape index (κ1) is 29.2. The molecule has 0 saturated heterocycles. The Morgan fingerprint density at radius 2 is 1.73 bits per heavy atom. The molecule has 40 heavy (non-hydrogen) atoms. The predicted molar refractivity (Wildman–Crippen MR) is 142 cm³/mol. The monoisotopic (exact) mass is 558 g/mol. The summed E-state index contributed by atoms with van der Waals surface area (Å²) in [6.07, 6.45) is -1.69. The average Bonchev–Trinajstić information content (AvgIpc) is 2.87. The highest BCUT2D eigenvalue weighted by atomic mass is 16.4. The number of ketones is 2. The summed E-state index contributed by atoms with van der Waals surface area (Å²) in [5.41, 5.74) is -0.153. The van der Waals surface area contributed by atoms with Crippen molar-refractivity contribution in [3.63, 3.8) is 0 Å². The van der Waals surface area contributed by atoms with E-state index in [-0.39, 0.29) is 11.3 Å². The van der Waals surface area contributed by atoms with Crippen molar-refractivity contribution in [1.29, 1.82) is 0 Å². The molecule has 1 fully saturated rings. The quantitative estimate of drug-likeness (QED) is 0.169. The van der Waals surface area contributed by atoms with Crippen LogP contribution in [0.2, 0.25) is 0 Å². The van der Waals surface area contributed by atoms with Gasteiger partial charge in [-0.15, -0.1) is 0 Å². The number of hydrogen-bond donors (Lipinski definition) is 8. The van der Waals surface area contributed by atoms with Gasteiger partial charge in [0.25, 0.3) is 5.91 Å². The normalized spacial score (nSPS) is 30.2. The number of nitrogens with one attached hydrogen (secondary N) is 2. The number of Topliss-reactive ketones (excluding diaryl/α,β-unsaturated/α-hetero) is 2. The lowest BCUT2D eigenvalue weighted by Gasteiger charge is -2.53. The van der Waals surface area contributed by atoms with E-state index in [2.05, 4.69) is 10.6 Å². The highest BCUT2D eigenvalue weighted by Crippen LogP contribution is 2.56. The van der Waals surface area contributed by atoms with Gasteiger partial charge in [-0.05, 0) is 52.5 Å². The van der Waals surface area contributed by atoms with Crippen LogP contribution in [-0.4, -0.2) is 98.2 Å². The number of primary amides is 1. The number of likely N-dealkylation sites (N-methyl/N-ethyl adjacent to an activating group) is 2. The number of amides is 2. The van der Waals surface area contributed by atoms with Gasteiger partial charge in [0.15, 0.2) is 11.4 Å². The van der Waals surface area contributed by atoms with Gasteiger partial charge in [0.2, 0.25) is 11.7 Å². The van der Waals surface area contributed by atoms with Gasteiger partial charge in [-0.25, -0.2) is 0 Å². The lowest BCUT2D eigenvalue weighted by molar-refractivity contribution is -0.169. The first-order chi connectivity index (χ1) is 18.4. The summed E-state index contributed by atoms with van der Waals surface area (Å²) in [6.45, 7) is 4.84. The fourth-order valence-electron chi connectivity index (χ4n) is 6.11. The molecule has 1 aromatic carbocycles. The van der Waals surface area contributed by atoms with E-state index in [1.54, 1.807) is 27.8 Å². The summed E-state index contributed by atoms with van der Waals surface area (Å²) in [7, 11) is 4.45. The number of anilines is 1. The van der Waals surface area contributed by atoms with Crippen molar-refractivity contribution < 1.29 is 44.7 Å². The number of aromatic hydroxyl groups is 1. The van der Waals surface area contributed by atoms with Gasteiger partial charge >= 0.3 is 0 Å². The van der Waals surface area contributed by atoms with Crippen LogP contribution in [-0.2, 0) is 19.2 Å². The van der Waals surface area contributed by atoms with Gasteiger partial charge in [-0.3, -0.25) is 24.1 Å². The Hall–Kier alpha value is -3.78. The second kappa shape index (κ2) is 9.41. The Kier molecular flexibility index (Phi) is 6.87. The molecule has 13 nitrogen and oxygen atoms in total. The Labute approximate surface area is 230 Å². The number of phenolic OH excluding ortho intramolecular Hbond substituents is 1. The molecule has 3 aliphatic rings. The third-order valence-corrected chi connectivity index (χ3v) is 8.57. The molecule has 3 aliphatic carbocycles. The highest BCUT2D eigenvalue weighted by Gasteiger charge is 2.68. The van der Waals surface area contributed by atoms with Crippen molar-refractivity contribution in [1.82, 2.24) is 10.2 Å². The summed E-state index contributed by atoms with van der Waals surface area (Å²) >= 11 is 0. The van der Waals surface area contributed by atoms with Crippen molar-refractivity contribution in [3.8, 4) is 5.75 Å². The number of aliphatic hydroxyl groups excluding tert-OH is 3. The van der Waals surface area contributed by atoms with Crippen molar-refractivity contribution in [2.45, 2.75) is 50.0 Å². The van der Waals surface area contributed by atoms with Gasteiger partial charge in [0, 0.05) is 11.5 Å². The second-order valence-corrected chi connectivity index (χ2v) is 11.3. The van der Waals surface area contributed by atoms with E-state index in [1.165, 1.54) is 31.1 Å². The number of benzene rings is 1. The minimum absolute atomic E-state index is 0.0695. The van der Waals surface area contributed by atoms with E-state index >= 15 is 0 Å². The molecule has 0 aliphatic heterocycles. The topological polar surface area (TPSA) is 223 Å². The molecule has 0 radical (unpaired) electrons. The molecule has 0 spiro atoms. The number of aliphatic hydroxyl groups is 4. The summed E-state index contributed by atoms with van der Waals surface area (Å²) in [5.74, 6) is -10.3. The Balaban J connectivity index is 1.96. The maximum Gasteiger partial charge on any atom is 0.255 e. The van der Waals surface area contributed by atoms with Crippen LogP contribution < -0.4 is 16.4 Å². The van der Waals surface area contributed by atoms with Crippen LogP contribution in [0.15, 0.2) is 29.0 Å². The number of hydrogen-bond acceptors (Lipinski definition) is 11. The summed E-state index contributed by atoms with van der Waals surface area (Å²) < 4.78 is 0. The fourth-order valence-corrected chi connectivity index (χ4v) is 6.11. The molecule has 4 rings (SSSR count). The van der Waals surface area contributed by atoms with Gasteiger partial charge in [0.05, 0.1) is 34.9 Å². The van der Waals surface area contributed by atoms with Crippen LogP contribution in [0.25, 0.3) is 5.76 Å². The van der Waals surface area contributed by atoms with Gasteiger partial charge in [-0.2, -0.15) is 0 Å². The van der Waals surface area contributed by atoms with Gasteiger partial charge in [-0.1, -0.05) is 13.0 Å². The van der Waals surface area contributed by atoms with Crippen LogP contribution in [0, 0.1) is 11.8 Å². The smallest absolute Gasteiger partial charge is 0.255 e. The number of nitrogens with two attached hydrogens (primary N) is 1. The zero-order chi connectivity index (χ0) is 30.2. The number of nitrogens with zero attached hydrogens (tertiary/aromatic N) is 1. The van der Waals surface area contributed by atoms with Crippen LogP contribution >= 0.6 is 0 Å². The third kappa shape index (κ3) is 3.76. The van der Waals surface area contributed by atoms with E-state index in [0.717, 1.165) is 0 Å². The predicted octanol–water partition coefficient (Wildman–Crippen LogP) is -0.568. The first-order valence-electron chi connectivity index (χ1n) is 12.6. The fraction of sp³-hybridized carbons (Fsp3) is 0.481. The van der Waals surface area contributed by atoms with E-state index in [9.17, 15) is 44.7 Å². The van der Waals surface area contributed by atoms with Crippen molar-refractivity contribution >= 4 is 34.8 Å². The van der Waals surface area contributed by atoms with Crippen molar-refractivity contribution in [3.05, 3.63) is 40.2 Å². The van der Waals surface area contributed by atoms with Crippen molar-refractivity contribution in [2.75, 3.05) is 26.5 Å². The van der Waals surface area contributed by atoms with Crippen molar-refractivity contribution in [2.24, 2.45) is 17.6 Å². The van der Waals surface area contributed by atoms with Crippen LogP contribution in [0.5, 0.6) is 5.75 Å². The van der Waals surface area contributed by atoms with Crippen LogP contribution in [0.4, 0.5) is 5.69 Å². The maximum absolute atomic E-state index is 14.0. The molecule has 1 aromatic rings. The highest BCUT2D eigenvalue weighted by molar-refractivity contribution is 6.24. The molecule has 4 unspecified atom stereocenters. The zero-order valence-electron chi connectivity index (χ0n) is 22.9. The largest absolute Gasteiger partial charge is 0.508 e. The van der Waals surface area contributed by atoms with Crippen LogP contribution in [0.3, 0.4) is 0 Å². The summed E-state index contributed by atoms with van der Waals surface area (Å²) in [4.78, 5) is 53.3. The lowest BCUT2D eigenvalue weighted by atomic mass is 9.54. The van der Waals surface area contributed by atoms with Crippen LogP contribution in [0.1, 0.15) is 37.8 Å². The van der Waals surface area contributed by atoms with Gasteiger partial charge in [0.1, 0.15) is 22.8 Å². The number of fused-ring (bicyclic) bond motifs is 3. The van der Waals surface area contributed by atoms with E-state index < -0.39 is 92.8 Å². The summed E-state index contributed by atoms with van der Waals surface area (Å²) in [6, 6.07) is 1.51. The molecular formula is C27H34N4O9. The average molecular weight is 559 g/mol. The third-order valence-electron chi connectivity index (χ3n) is 8.57. The summed E-state index contributed by atoms with van der Waals surface area (Å²) in [5, 5.41) is 62.2. The van der Waals surface area contributed by atoms with E-state index in [4.69, 9.17) is 5.73 Å². The number of carbonyl (C=O) groups excluding carboxylic acids is 4. The molecule has 6 atom stereocenters. The minimum Gasteiger partial charge on any atom is -0.508 e. The Bertz CT molecular complexity index is 1410. The van der Waals surface area contributed by atoms with E-state index in [0.29, 0.717) is 5.56 Å². The lowest BCUT2D eigenvalue weighted by Crippen LogP contribution is -2.70. The molecule has 9 N–H and O–H groups in total. The molecule has 13 heteroatoms. The SMILES string of the molecule is CNC(C)(C)C(=O)Nc1ccc2c(c1O)C(O)=C1C(=O)[C@]3(O)C(O)=C(C(N)=O)C(=O)[C@@H](N(C)C)C3C(O)C1C2C. The standard InChI is InChI=1S/C27H34N4O9/c1-9-10-7-8-11(30-25(39)26(2,3)29-4)18(32)13(10)19(33)14-12(9)20(34)16-17(31(5)6)21(35)15(24(28)38)23(37)27(16,40)22(14)36/h7-9,12,16-17,20,29,32-34,37,40H,1-6H3,(H2,28,38)(H,30,39)/t9?,12?,16?,17-,20?,27-/m0/s1. The number of phenols is 1. The second-order valence-electron chi connectivity index (χ2n) is 11.3. The molecule has 0 aromatic heterocycles. The van der Waals surface area contributed by atoms with E-state index in [1.807, 2.05) is 0 Å². The Morgan fingerprint density at radius 3 is 2.25 bits per heavy atom. The number of carbonyl (C=O) groups is 4. The number of rotatable bonds is 5. The molecule has 2 amide bonds. The first-order valence-corrected chi connectivity index (χ1v) is 12.6. The molecule has 216 valence electrons. The maximum atomic E-state index is 14.0. The Morgan fingerprint density at radius 1 is 1.12 bits per heavy atom. The molecule has 1 saturated carbocycles. The molecule has 0 bridgehead atoms. The molecular weight excluding hydrogens is 524 g/mol. The zero-order valence-corrected chi connectivity index (χ0v) is 22.9. The minimum atomic E-state index is -3.00. The van der Waals surface area contributed by atoms with Gasteiger partial charge < -0.3 is 41.9 Å².